The molecule has 0 bridgehead atoms. The van der Waals surface area contributed by atoms with Gasteiger partial charge in [-0.25, -0.2) is 4.39 Å². The van der Waals surface area contributed by atoms with Crippen LogP contribution in [0.25, 0.3) is 0 Å². The molecule has 21 heavy (non-hydrogen) atoms. The Morgan fingerprint density at radius 1 is 1.33 bits per heavy atom. The standard InChI is InChI=1S/C14H17F4NO2/c15-13-2-1-11(7-12(13)14(16,17)18)21-6-4-19-8-10-3-5-20-9-10/h1-2,7,10,19H,3-6,8-9H2. The molecule has 0 radical (unpaired) electrons. The van der Waals surface area contributed by atoms with Crippen LogP contribution in [0.4, 0.5) is 17.6 Å². The number of hydrogen-bond acceptors (Lipinski definition) is 3. The Labute approximate surface area is 120 Å². The van der Waals surface area contributed by atoms with Gasteiger partial charge in [0.25, 0.3) is 0 Å². The summed E-state index contributed by atoms with van der Waals surface area (Å²) in [5.41, 5.74) is -1.31. The van der Waals surface area contributed by atoms with E-state index in [0.29, 0.717) is 18.5 Å². The Bertz CT molecular complexity index is 459. The van der Waals surface area contributed by atoms with Crippen molar-refractivity contribution in [3.8, 4) is 5.75 Å². The second-order valence-corrected chi connectivity index (χ2v) is 4.92. The fourth-order valence-electron chi connectivity index (χ4n) is 2.10. The first-order valence-electron chi connectivity index (χ1n) is 6.75. The summed E-state index contributed by atoms with van der Waals surface area (Å²) in [5, 5.41) is 3.15. The van der Waals surface area contributed by atoms with Crippen molar-refractivity contribution < 1.29 is 27.0 Å². The molecule has 1 aromatic rings. The van der Waals surface area contributed by atoms with E-state index in [1.807, 2.05) is 0 Å². The molecule has 1 N–H and O–H groups in total. The Kier molecular flexibility index (Phi) is 5.41. The Morgan fingerprint density at radius 3 is 2.81 bits per heavy atom. The Balaban J connectivity index is 1.75. The molecule has 1 unspecified atom stereocenters. The summed E-state index contributed by atoms with van der Waals surface area (Å²) in [4.78, 5) is 0. The maximum Gasteiger partial charge on any atom is 0.419 e. The van der Waals surface area contributed by atoms with E-state index in [1.54, 1.807) is 0 Å². The predicted molar refractivity (Wildman–Crippen MR) is 68.7 cm³/mol. The molecule has 0 aromatic heterocycles. The zero-order chi connectivity index (χ0) is 15.3. The molecule has 1 aliphatic heterocycles. The summed E-state index contributed by atoms with van der Waals surface area (Å²) in [7, 11) is 0. The fourth-order valence-corrected chi connectivity index (χ4v) is 2.10. The van der Waals surface area contributed by atoms with E-state index in [2.05, 4.69) is 5.32 Å². The van der Waals surface area contributed by atoms with E-state index < -0.39 is 17.6 Å². The van der Waals surface area contributed by atoms with E-state index in [4.69, 9.17) is 9.47 Å². The Hall–Kier alpha value is -1.34. The van der Waals surface area contributed by atoms with Crippen LogP contribution in [0.3, 0.4) is 0 Å². The predicted octanol–water partition coefficient (Wildman–Crippen LogP) is 2.85. The van der Waals surface area contributed by atoms with Gasteiger partial charge in [0.2, 0.25) is 0 Å². The summed E-state index contributed by atoms with van der Waals surface area (Å²) in [6, 6.07) is 2.64. The van der Waals surface area contributed by atoms with Crippen molar-refractivity contribution in [2.24, 2.45) is 5.92 Å². The van der Waals surface area contributed by atoms with E-state index >= 15 is 0 Å². The van der Waals surface area contributed by atoms with Gasteiger partial charge in [-0.05, 0) is 30.5 Å². The van der Waals surface area contributed by atoms with Crippen molar-refractivity contribution >= 4 is 0 Å². The van der Waals surface area contributed by atoms with Crippen molar-refractivity contribution in [1.29, 1.82) is 0 Å². The van der Waals surface area contributed by atoms with E-state index in [-0.39, 0.29) is 12.4 Å². The number of alkyl halides is 3. The summed E-state index contributed by atoms with van der Waals surface area (Å²) >= 11 is 0. The molecule has 0 saturated carbocycles. The highest BCUT2D eigenvalue weighted by molar-refractivity contribution is 5.31. The maximum atomic E-state index is 13.1. The smallest absolute Gasteiger partial charge is 0.419 e. The van der Waals surface area contributed by atoms with Gasteiger partial charge in [0.1, 0.15) is 18.2 Å². The molecule has 1 aliphatic rings. The van der Waals surface area contributed by atoms with Crippen LogP contribution in [0.1, 0.15) is 12.0 Å². The molecule has 7 heteroatoms. The highest BCUT2D eigenvalue weighted by Crippen LogP contribution is 2.33. The summed E-state index contributed by atoms with van der Waals surface area (Å²) in [5.74, 6) is -0.809. The minimum atomic E-state index is -4.72. The average Bonchev–Trinajstić information content (AvgIpc) is 2.92. The third-order valence-corrected chi connectivity index (χ3v) is 3.25. The van der Waals surface area contributed by atoms with Gasteiger partial charge in [-0.1, -0.05) is 0 Å². The lowest BCUT2D eigenvalue weighted by Gasteiger charge is -2.12. The first-order valence-corrected chi connectivity index (χ1v) is 6.75. The molecule has 0 aliphatic carbocycles. The molecular weight excluding hydrogens is 290 g/mol. The van der Waals surface area contributed by atoms with E-state index in [0.717, 1.165) is 32.2 Å². The van der Waals surface area contributed by atoms with Crippen molar-refractivity contribution in [2.45, 2.75) is 12.6 Å². The molecule has 3 nitrogen and oxygen atoms in total. The summed E-state index contributed by atoms with van der Waals surface area (Å²) in [6.07, 6.45) is -3.70. The van der Waals surface area contributed by atoms with Gasteiger partial charge < -0.3 is 14.8 Å². The van der Waals surface area contributed by atoms with E-state index in [9.17, 15) is 17.6 Å². The highest BCUT2D eigenvalue weighted by Gasteiger charge is 2.34. The van der Waals surface area contributed by atoms with Crippen LogP contribution in [0.15, 0.2) is 18.2 Å². The van der Waals surface area contributed by atoms with Gasteiger partial charge in [0.15, 0.2) is 0 Å². The quantitative estimate of drug-likeness (QED) is 0.647. The lowest BCUT2D eigenvalue weighted by atomic mass is 10.1. The number of halogens is 4. The second-order valence-electron chi connectivity index (χ2n) is 4.92. The average molecular weight is 307 g/mol. The molecule has 0 spiro atoms. The third kappa shape index (κ3) is 4.86. The van der Waals surface area contributed by atoms with E-state index in [1.165, 1.54) is 6.07 Å². The van der Waals surface area contributed by atoms with Crippen molar-refractivity contribution in [3.63, 3.8) is 0 Å². The van der Waals surface area contributed by atoms with Crippen LogP contribution in [0, 0.1) is 11.7 Å². The number of benzene rings is 1. The topological polar surface area (TPSA) is 30.5 Å². The normalized spacial score (nSPS) is 19.0. The van der Waals surface area contributed by atoms with Crippen molar-refractivity contribution in [3.05, 3.63) is 29.6 Å². The van der Waals surface area contributed by atoms with Gasteiger partial charge in [0, 0.05) is 19.7 Å². The van der Waals surface area contributed by atoms with Crippen LogP contribution >= 0.6 is 0 Å². The van der Waals surface area contributed by atoms with Crippen LogP contribution in [-0.2, 0) is 10.9 Å². The lowest BCUT2D eigenvalue weighted by molar-refractivity contribution is -0.140. The molecule has 1 atom stereocenters. The minimum Gasteiger partial charge on any atom is -0.492 e. The van der Waals surface area contributed by atoms with Gasteiger partial charge in [-0.3, -0.25) is 0 Å². The largest absolute Gasteiger partial charge is 0.492 e. The minimum absolute atomic E-state index is 0.00900. The molecule has 2 rings (SSSR count). The summed E-state index contributed by atoms with van der Waals surface area (Å²) in [6.45, 7) is 3.03. The van der Waals surface area contributed by atoms with Crippen LogP contribution in [0.2, 0.25) is 0 Å². The molecule has 1 fully saturated rings. The molecule has 1 heterocycles. The third-order valence-electron chi connectivity index (χ3n) is 3.25. The van der Waals surface area contributed by atoms with Gasteiger partial charge in [-0.15, -0.1) is 0 Å². The number of rotatable bonds is 6. The van der Waals surface area contributed by atoms with Crippen molar-refractivity contribution in [2.75, 3.05) is 32.9 Å². The molecular formula is C14H17F4NO2. The fraction of sp³-hybridized carbons (Fsp3) is 0.571. The molecule has 118 valence electrons. The van der Waals surface area contributed by atoms with Gasteiger partial charge >= 0.3 is 6.18 Å². The number of hydrogen-bond donors (Lipinski definition) is 1. The van der Waals surface area contributed by atoms with Gasteiger partial charge in [-0.2, -0.15) is 13.2 Å². The molecule has 1 saturated heterocycles. The highest BCUT2D eigenvalue weighted by atomic mass is 19.4. The molecule has 0 amide bonds. The lowest BCUT2D eigenvalue weighted by Crippen LogP contribution is -2.27. The first kappa shape index (κ1) is 16.0. The van der Waals surface area contributed by atoms with Gasteiger partial charge in [0.05, 0.1) is 12.2 Å². The zero-order valence-corrected chi connectivity index (χ0v) is 11.4. The van der Waals surface area contributed by atoms with Crippen molar-refractivity contribution in [1.82, 2.24) is 5.32 Å². The first-order chi connectivity index (χ1) is 9.97. The van der Waals surface area contributed by atoms with Crippen LogP contribution in [0.5, 0.6) is 5.75 Å². The second kappa shape index (κ2) is 7.09. The number of ether oxygens (including phenoxy) is 2. The Morgan fingerprint density at radius 2 is 2.14 bits per heavy atom. The zero-order valence-electron chi connectivity index (χ0n) is 11.4. The SMILES string of the molecule is Fc1ccc(OCCNCC2CCOC2)cc1C(F)(F)F. The maximum absolute atomic E-state index is 13.1. The summed E-state index contributed by atoms with van der Waals surface area (Å²) < 4.78 is 61.1. The monoisotopic (exact) mass is 307 g/mol. The molecule has 1 aromatic carbocycles. The van der Waals surface area contributed by atoms with Crippen LogP contribution in [-0.4, -0.2) is 32.9 Å². The number of nitrogens with one attached hydrogen (secondary N) is 1. The van der Waals surface area contributed by atoms with Crippen LogP contribution < -0.4 is 10.1 Å².